The first-order chi connectivity index (χ1) is 15.8. The normalized spacial score (nSPS) is 15.8. The zero-order chi connectivity index (χ0) is 24.6. The molecule has 0 aliphatic carbocycles. The summed E-state index contributed by atoms with van der Waals surface area (Å²) in [7, 11) is -0.743. The summed E-state index contributed by atoms with van der Waals surface area (Å²) in [5.74, 6) is 1.95. The van der Waals surface area contributed by atoms with E-state index in [1.165, 1.54) is 37.7 Å². The molecule has 0 spiro atoms. The molecule has 0 saturated carbocycles. The molecule has 0 amide bonds. The maximum Gasteiger partial charge on any atom is 0.321 e. The average Bonchev–Trinajstić information content (AvgIpc) is 3.27. The maximum atomic E-state index is 12.3. The van der Waals surface area contributed by atoms with E-state index in [0.29, 0.717) is 12.5 Å². The van der Waals surface area contributed by atoms with E-state index in [4.69, 9.17) is 14.6 Å². The molecule has 1 aromatic rings. The summed E-state index contributed by atoms with van der Waals surface area (Å²) in [5, 5.41) is 11.7. The largest absolute Gasteiger partial charge is 0.480 e. The summed E-state index contributed by atoms with van der Waals surface area (Å²) in [6.07, 6.45) is 9.25. The number of carbonyl (C=O) groups is 1. The molecule has 1 aromatic carbocycles. The van der Waals surface area contributed by atoms with Crippen LogP contribution in [-0.4, -0.2) is 50.9 Å². The lowest BCUT2D eigenvalue weighted by Gasteiger charge is -2.16. The zero-order valence-electron chi connectivity index (χ0n) is 20.7. The number of hydrogen-bond donors (Lipinski definition) is 3. The molecule has 0 bridgehead atoms. The second-order valence-electron chi connectivity index (χ2n) is 8.60. The Hall–Kier alpha value is -1.25. The van der Waals surface area contributed by atoms with Gasteiger partial charge in [-0.2, -0.15) is 12.6 Å². The Bertz CT molecular complexity index is 716. The van der Waals surface area contributed by atoms with Crippen molar-refractivity contribution in [1.82, 2.24) is 5.32 Å². The van der Waals surface area contributed by atoms with Crippen LogP contribution in [0.5, 0.6) is 11.5 Å². The van der Waals surface area contributed by atoms with E-state index < -0.39 is 22.8 Å². The Kier molecular flexibility index (Phi) is 15.5. The number of carboxylic acid groups (broad SMARTS) is 1. The lowest BCUT2D eigenvalue weighted by Crippen LogP contribution is -2.43. The van der Waals surface area contributed by atoms with Gasteiger partial charge in [-0.05, 0) is 43.9 Å². The highest BCUT2D eigenvalue weighted by Gasteiger charge is 2.17. The van der Waals surface area contributed by atoms with Gasteiger partial charge in [0.1, 0.15) is 6.04 Å². The lowest BCUT2D eigenvalue weighted by molar-refractivity contribution is -0.139. The molecule has 1 heterocycles. The second-order valence-corrected chi connectivity index (χ2v) is 10.9. The molecule has 4 atom stereocenters. The van der Waals surface area contributed by atoms with Crippen molar-refractivity contribution < 1.29 is 23.6 Å². The predicted octanol–water partition coefficient (Wildman–Crippen LogP) is 5.21. The topological polar surface area (TPSA) is 84.9 Å². The van der Waals surface area contributed by atoms with Crippen molar-refractivity contribution in [3.05, 3.63) is 23.8 Å². The SMILES string of the molecule is CCC(C)NC(CS)C(=O)O.CCCCCCCCS(=O)C(C)Cc1ccc2c(c1)OCO2. The molecular formula is C25H43NO5S2. The van der Waals surface area contributed by atoms with Crippen molar-refractivity contribution in [2.24, 2.45) is 0 Å². The highest BCUT2D eigenvalue weighted by molar-refractivity contribution is 7.85. The zero-order valence-corrected chi connectivity index (χ0v) is 22.4. The number of aliphatic carboxylic acids is 1. The average molecular weight is 502 g/mol. The molecule has 2 rings (SSSR count). The maximum absolute atomic E-state index is 12.3. The molecule has 0 aromatic heterocycles. The van der Waals surface area contributed by atoms with Crippen LogP contribution in [0.4, 0.5) is 0 Å². The molecule has 2 N–H and O–H groups in total. The molecule has 0 radical (unpaired) electrons. The van der Waals surface area contributed by atoms with Gasteiger partial charge in [0, 0.05) is 33.6 Å². The van der Waals surface area contributed by atoms with Crippen LogP contribution in [0.25, 0.3) is 0 Å². The monoisotopic (exact) mass is 501 g/mol. The van der Waals surface area contributed by atoms with Crippen LogP contribution in [0.3, 0.4) is 0 Å². The Morgan fingerprint density at radius 2 is 1.79 bits per heavy atom. The second kappa shape index (κ2) is 17.2. The van der Waals surface area contributed by atoms with Crippen molar-refractivity contribution in [2.75, 3.05) is 18.3 Å². The predicted molar refractivity (Wildman–Crippen MR) is 140 cm³/mol. The summed E-state index contributed by atoms with van der Waals surface area (Å²) in [6, 6.07) is 5.73. The highest BCUT2D eigenvalue weighted by atomic mass is 32.2. The third-order valence-electron chi connectivity index (χ3n) is 5.69. The molecular weight excluding hydrogens is 458 g/mol. The van der Waals surface area contributed by atoms with Crippen molar-refractivity contribution in [3.63, 3.8) is 0 Å². The van der Waals surface area contributed by atoms with E-state index in [9.17, 15) is 9.00 Å². The smallest absolute Gasteiger partial charge is 0.321 e. The molecule has 1 aliphatic rings. The first-order valence-corrected chi connectivity index (χ1v) is 14.2. The van der Waals surface area contributed by atoms with Crippen molar-refractivity contribution in [3.8, 4) is 11.5 Å². The first kappa shape index (κ1) is 29.8. The van der Waals surface area contributed by atoms with Gasteiger partial charge in [-0.3, -0.25) is 9.00 Å². The van der Waals surface area contributed by atoms with Crippen LogP contribution in [0.1, 0.15) is 78.2 Å². The molecule has 4 unspecified atom stereocenters. The van der Waals surface area contributed by atoms with Crippen LogP contribution in [0, 0.1) is 0 Å². The summed E-state index contributed by atoms with van der Waals surface area (Å²) in [4.78, 5) is 10.5. The van der Waals surface area contributed by atoms with Gasteiger partial charge in [0.25, 0.3) is 0 Å². The van der Waals surface area contributed by atoms with E-state index >= 15 is 0 Å². The molecule has 0 fully saturated rings. The molecule has 33 heavy (non-hydrogen) atoms. The van der Waals surface area contributed by atoms with Crippen LogP contribution in [-0.2, 0) is 22.0 Å². The molecule has 0 saturated heterocycles. The van der Waals surface area contributed by atoms with Gasteiger partial charge in [-0.15, -0.1) is 0 Å². The van der Waals surface area contributed by atoms with Crippen molar-refractivity contribution >= 4 is 29.4 Å². The number of fused-ring (bicyclic) bond motifs is 1. The fraction of sp³-hybridized carbons (Fsp3) is 0.720. The Morgan fingerprint density at radius 1 is 1.12 bits per heavy atom. The van der Waals surface area contributed by atoms with E-state index in [-0.39, 0.29) is 11.3 Å². The van der Waals surface area contributed by atoms with Gasteiger partial charge >= 0.3 is 5.97 Å². The van der Waals surface area contributed by atoms with Gasteiger partial charge in [0.2, 0.25) is 6.79 Å². The van der Waals surface area contributed by atoms with Crippen molar-refractivity contribution in [1.29, 1.82) is 0 Å². The number of unbranched alkanes of at least 4 members (excludes halogenated alkanes) is 5. The third-order valence-corrected chi connectivity index (χ3v) is 7.81. The third kappa shape index (κ3) is 12.1. The minimum Gasteiger partial charge on any atom is -0.480 e. The minimum absolute atomic E-state index is 0.191. The number of nitrogens with one attached hydrogen (secondary N) is 1. The van der Waals surface area contributed by atoms with Gasteiger partial charge in [-0.25, -0.2) is 0 Å². The minimum atomic E-state index is -0.833. The highest BCUT2D eigenvalue weighted by Crippen LogP contribution is 2.33. The molecule has 190 valence electrons. The number of carboxylic acids is 1. The summed E-state index contributed by atoms with van der Waals surface area (Å²) < 4.78 is 23.0. The quantitative estimate of drug-likeness (QED) is 0.226. The lowest BCUT2D eigenvalue weighted by atomic mass is 10.1. The number of ether oxygens (including phenoxy) is 2. The van der Waals surface area contributed by atoms with Crippen LogP contribution >= 0.6 is 12.6 Å². The molecule has 1 aliphatic heterocycles. The summed E-state index contributed by atoms with van der Waals surface area (Å²) in [5.41, 5.74) is 1.17. The first-order valence-electron chi connectivity index (χ1n) is 12.2. The van der Waals surface area contributed by atoms with Gasteiger partial charge in [-0.1, -0.05) is 58.9 Å². The van der Waals surface area contributed by atoms with Crippen LogP contribution in [0.15, 0.2) is 18.2 Å². The van der Waals surface area contributed by atoms with E-state index in [0.717, 1.165) is 36.5 Å². The van der Waals surface area contributed by atoms with E-state index in [2.05, 4.69) is 31.8 Å². The van der Waals surface area contributed by atoms with E-state index in [1.807, 2.05) is 32.0 Å². The van der Waals surface area contributed by atoms with Crippen LogP contribution in [0.2, 0.25) is 0 Å². The number of rotatable bonds is 15. The van der Waals surface area contributed by atoms with Crippen molar-refractivity contribution in [2.45, 2.75) is 96.4 Å². The fourth-order valence-electron chi connectivity index (χ4n) is 3.38. The van der Waals surface area contributed by atoms with Crippen LogP contribution < -0.4 is 14.8 Å². The summed E-state index contributed by atoms with van der Waals surface area (Å²) >= 11 is 3.93. The standard InChI is InChI=1S/C18H28O3S.C7H15NO2S/c1-3-4-5-6-7-8-11-22(19)15(2)12-16-9-10-17-18(13-16)21-14-20-17;1-3-5(2)8-6(4-11)7(9)10/h9-10,13,15H,3-8,11-12,14H2,1-2H3;5-6,8,11H,3-4H2,1-2H3,(H,9,10). The number of thiol groups is 1. The van der Waals surface area contributed by atoms with Gasteiger partial charge < -0.3 is 19.9 Å². The van der Waals surface area contributed by atoms with Gasteiger partial charge in [0.05, 0.1) is 0 Å². The Balaban J connectivity index is 0.000000420. The van der Waals surface area contributed by atoms with Gasteiger partial charge in [0.15, 0.2) is 11.5 Å². The Labute approximate surface area is 208 Å². The summed E-state index contributed by atoms with van der Waals surface area (Å²) in [6.45, 7) is 8.58. The Morgan fingerprint density at radius 3 is 2.42 bits per heavy atom. The fourth-order valence-corrected chi connectivity index (χ4v) is 4.91. The number of benzene rings is 1. The number of hydrogen-bond acceptors (Lipinski definition) is 6. The molecule has 6 nitrogen and oxygen atoms in total. The molecule has 8 heteroatoms. The van der Waals surface area contributed by atoms with E-state index in [1.54, 1.807) is 0 Å².